The van der Waals surface area contributed by atoms with Crippen LogP contribution in [0, 0.1) is 0 Å². The number of carboxylic acid groups (broad SMARTS) is 1. The first kappa shape index (κ1) is 45.5. The van der Waals surface area contributed by atoms with Gasteiger partial charge in [0.2, 0.25) is 23.6 Å². The molecule has 2 aliphatic rings. The molecule has 0 bridgehead atoms. The van der Waals surface area contributed by atoms with Crippen LogP contribution in [0.2, 0.25) is 0 Å². The van der Waals surface area contributed by atoms with Crippen molar-refractivity contribution in [1.29, 1.82) is 0 Å². The van der Waals surface area contributed by atoms with Crippen molar-refractivity contribution in [3.63, 3.8) is 0 Å². The maximum Gasteiger partial charge on any atom is 0.303 e. The zero-order valence-corrected chi connectivity index (χ0v) is 34.6. The van der Waals surface area contributed by atoms with Crippen LogP contribution in [0.5, 0.6) is 0 Å². The molecule has 2 aromatic carbocycles. The average molecular weight is 806 g/mol. The first-order valence-electron chi connectivity index (χ1n) is 21.2. The lowest BCUT2D eigenvalue weighted by atomic mass is 9.97. The molecule has 2 atom stereocenters. The highest BCUT2D eigenvalue weighted by Crippen LogP contribution is 2.45. The van der Waals surface area contributed by atoms with Crippen LogP contribution in [0.1, 0.15) is 152 Å². The molecular weight excluding hydrogens is 743 g/mol. The maximum atomic E-state index is 13.0. The average Bonchev–Trinajstić information content (AvgIpc) is 3.64. The number of imide groups is 1. The van der Waals surface area contributed by atoms with Crippen LogP contribution in [0.25, 0.3) is 11.1 Å². The Bertz CT molecular complexity index is 1650. The van der Waals surface area contributed by atoms with Crippen LogP contribution < -0.4 is 10.6 Å². The monoisotopic (exact) mass is 805 g/mol. The fraction of sp³-hybridized carbons (Fsp3) is 0.600. The highest BCUT2D eigenvalue weighted by atomic mass is 32.2. The Morgan fingerprint density at radius 1 is 0.737 bits per heavy atom. The van der Waals surface area contributed by atoms with Crippen LogP contribution in [0.4, 0.5) is 5.69 Å². The number of nitrogens with zero attached hydrogens (tertiary/aromatic N) is 1. The van der Waals surface area contributed by atoms with Gasteiger partial charge in [0.15, 0.2) is 0 Å². The van der Waals surface area contributed by atoms with Crippen molar-refractivity contribution in [3.05, 3.63) is 53.6 Å². The van der Waals surface area contributed by atoms with Gasteiger partial charge in [0.1, 0.15) is 6.61 Å². The van der Waals surface area contributed by atoms with Gasteiger partial charge in [-0.3, -0.25) is 33.7 Å². The van der Waals surface area contributed by atoms with Gasteiger partial charge in [0.25, 0.3) is 0 Å². The molecule has 4 rings (SSSR count). The Morgan fingerprint density at radius 3 is 2.04 bits per heavy atom. The van der Waals surface area contributed by atoms with E-state index in [4.69, 9.17) is 9.84 Å². The Balaban J connectivity index is 0.976. The third-order valence-electron chi connectivity index (χ3n) is 10.8. The highest BCUT2D eigenvalue weighted by molar-refractivity contribution is 8.00. The van der Waals surface area contributed by atoms with Crippen molar-refractivity contribution >= 4 is 53.0 Å². The lowest BCUT2D eigenvalue weighted by molar-refractivity contribution is -0.141. The van der Waals surface area contributed by atoms with Crippen molar-refractivity contribution in [2.45, 2.75) is 147 Å². The van der Waals surface area contributed by atoms with Crippen molar-refractivity contribution in [1.82, 2.24) is 10.2 Å². The normalized spacial score (nSPS) is 15.7. The number of aliphatic carboxylic acids is 1. The second-order valence-corrected chi connectivity index (χ2v) is 16.7. The number of amides is 4. The Labute approximate surface area is 342 Å². The zero-order chi connectivity index (χ0) is 40.8. The van der Waals surface area contributed by atoms with Gasteiger partial charge in [-0.1, -0.05) is 107 Å². The SMILES string of the molecule is CC(=O)OCC1c2ccccc2-c2ccc(NC(=O)CCN3C(=O)CC(SCCCCCCCCCCCCCCCC(=O)NCCCCCC(=O)O)C3=O)cc21. The summed E-state index contributed by atoms with van der Waals surface area (Å²) in [6, 6.07) is 13.7. The van der Waals surface area contributed by atoms with Crippen LogP contribution in [0.3, 0.4) is 0 Å². The molecule has 0 radical (unpaired) electrons. The van der Waals surface area contributed by atoms with E-state index in [0.717, 1.165) is 66.5 Å². The third kappa shape index (κ3) is 15.9. The van der Waals surface area contributed by atoms with Gasteiger partial charge in [-0.05, 0) is 65.8 Å². The molecule has 4 amide bonds. The summed E-state index contributed by atoms with van der Waals surface area (Å²) in [7, 11) is 0. The summed E-state index contributed by atoms with van der Waals surface area (Å²) < 4.78 is 5.37. The number of carbonyl (C=O) groups is 6. The molecular formula is C45H63N3O8S. The molecule has 2 unspecified atom stereocenters. The number of esters is 1. The van der Waals surface area contributed by atoms with Gasteiger partial charge < -0.3 is 20.5 Å². The van der Waals surface area contributed by atoms with Crippen LogP contribution in [0.15, 0.2) is 42.5 Å². The summed E-state index contributed by atoms with van der Waals surface area (Å²) >= 11 is 1.56. The number of thioether (sulfide) groups is 1. The quantitative estimate of drug-likeness (QED) is 0.0415. The van der Waals surface area contributed by atoms with Gasteiger partial charge in [0.05, 0.1) is 5.25 Å². The van der Waals surface area contributed by atoms with Crippen molar-refractivity contribution in [3.8, 4) is 11.1 Å². The number of carbonyl (C=O) groups excluding carboxylic acids is 5. The van der Waals surface area contributed by atoms with E-state index in [-0.39, 0.29) is 73.2 Å². The molecule has 57 heavy (non-hydrogen) atoms. The van der Waals surface area contributed by atoms with Gasteiger partial charge in [0, 0.05) is 57.3 Å². The third-order valence-corrected chi connectivity index (χ3v) is 12.1. The standard InChI is InChI=1S/C45H63N3O8S/c1-33(49)56-32-39-36-21-17-16-20-35(36)37-25-24-34(30-38(37)39)47-42(51)26-28-48-43(52)31-40(45(48)55)57-29-19-12-10-8-6-4-2-3-5-7-9-11-14-22-41(50)46-27-18-13-15-23-44(53)54/h16-17,20-21,24-25,30,39-40H,2-15,18-19,22-23,26-29,31-32H2,1H3,(H,46,50)(H,47,51)(H,53,54). The largest absolute Gasteiger partial charge is 0.481 e. The van der Waals surface area contributed by atoms with E-state index < -0.39 is 5.97 Å². The van der Waals surface area contributed by atoms with Gasteiger partial charge >= 0.3 is 11.9 Å². The number of likely N-dealkylation sites (tertiary alicyclic amines) is 1. The number of hydrogen-bond acceptors (Lipinski definition) is 8. The van der Waals surface area contributed by atoms with Crippen LogP contribution >= 0.6 is 11.8 Å². The van der Waals surface area contributed by atoms with Crippen LogP contribution in [-0.4, -0.2) is 76.3 Å². The molecule has 312 valence electrons. The summed E-state index contributed by atoms with van der Waals surface area (Å²) in [6.45, 7) is 2.30. The molecule has 11 nitrogen and oxygen atoms in total. The number of anilines is 1. The number of carboxylic acids is 1. The molecule has 0 aromatic heterocycles. The smallest absolute Gasteiger partial charge is 0.303 e. The number of benzene rings is 2. The van der Waals surface area contributed by atoms with Crippen molar-refractivity contribution in [2.24, 2.45) is 0 Å². The maximum absolute atomic E-state index is 13.0. The lowest BCUT2D eigenvalue weighted by Gasteiger charge is -2.16. The van der Waals surface area contributed by atoms with E-state index in [1.165, 1.54) is 69.6 Å². The Morgan fingerprint density at radius 2 is 1.35 bits per heavy atom. The minimum atomic E-state index is -0.765. The number of ether oxygens (including phenoxy) is 1. The fourth-order valence-corrected chi connectivity index (χ4v) is 8.86. The fourth-order valence-electron chi connectivity index (χ4n) is 7.67. The molecule has 1 aliphatic carbocycles. The Hall–Kier alpha value is -4.19. The summed E-state index contributed by atoms with van der Waals surface area (Å²) in [5.41, 5.74) is 4.81. The summed E-state index contributed by atoms with van der Waals surface area (Å²) in [5, 5.41) is 14.1. The molecule has 1 heterocycles. The number of fused-ring (bicyclic) bond motifs is 3. The summed E-state index contributed by atoms with van der Waals surface area (Å²) in [4.78, 5) is 73.8. The molecule has 12 heteroatoms. The van der Waals surface area contributed by atoms with Crippen molar-refractivity contribution in [2.75, 3.05) is 30.8 Å². The van der Waals surface area contributed by atoms with Crippen LogP contribution in [-0.2, 0) is 33.5 Å². The Kier molecular flexibility index (Phi) is 20.1. The van der Waals surface area contributed by atoms with E-state index in [2.05, 4.69) is 10.6 Å². The van der Waals surface area contributed by atoms with E-state index >= 15 is 0 Å². The van der Waals surface area contributed by atoms with Crippen molar-refractivity contribution < 1.29 is 38.6 Å². The molecule has 1 fully saturated rings. The minimum absolute atomic E-state index is 0.0208. The summed E-state index contributed by atoms with van der Waals surface area (Å²) in [5.74, 6) is -0.965. The number of hydrogen-bond donors (Lipinski definition) is 3. The first-order chi connectivity index (χ1) is 27.6. The predicted octanol–water partition coefficient (Wildman–Crippen LogP) is 8.77. The lowest BCUT2D eigenvalue weighted by Crippen LogP contribution is -2.34. The molecule has 2 aromatic rings. The second kappa shape index (κ2) is 25.2. The number of unbranched alkanes of at least 4 members (excludes halogenated alkanes) is 14. The van der Waals surface area contributed by atoms with Gasteiger partial charge in [-0.2, -0.15) is 0 Å². The van der Waals surface area contributed by atoms with Gasteiger partial charge in [-0.15, -0.1) is 11.8 Å². The molecule has 3 N–H and O–H groups in total. The number of nitrogens with one attached hydrogen (secondary N) is 2. The first-order valence-corrected chi connectivity index (χ1v) is 22.3. The second-order valence-electron chi connectivity index (χ2n) is 15.4. The predicted molar refractivity (Wildman–Crippen MR) is 225 cm³/mol. The molecule has 1 saturated heterocycles. The topological polar surface area (TPSA) is 159 Å². The number of rotatable bonds is 29. The summed E-state index contributed by atoms with van der Waals surface area (Å²) in [6.07, 6.45) is 18.6. The van der Waals surface area contributed by atoms with Gasteiger partial charge in [-0.25, -0.2) is 0 Å². The minimum Gasteiger partial charge on any atom is -0.481 e. The van der Waals surface area contributed by atoms with E-state index in [0.29, 0.717) is 25.1 Å². The molecule has 0 spiro atoms. The van der Waals surface area contributed by atoms with E-state index in [9.17, 15) is 28.8 Å². The van der Waals surface area contributed by atoms with E-state index in [1.54, 1.807) is 11.8 Å². The molecule has 1 aliphatic heterocycles. The molecule has 0 saturated carbocycles. The van der Waals surface area contributed by atoms with E-state index in [1.807, 2.05) is 42.5 Å². The zero-order valence-electron chi connectivity index (χ0n) is 33.8. The highest BCUT2D eigenvalue weighted by Gasteiger charge is 2.38.